The number of aryl methyl sites for hydroxylation is 2. The Morgan fingerprint density at radius 2 is 2.00 bits per heavy atom. The molecule has 3 atom stereocenters. The molecule has 1 aromatic rings. The molecule has 0 aliphatic heterocycles. The number of carbonyl (C=O) groups is 1. The number of benzene rings is 1. The smallest absolute Gasteiger partial charge is 0.224 e. The van der Waals surface area contributed by atoms with Crippen molar-refractivity contribution in [1.29, 1.82) is 0 Å². The topological polar surface area (TPSA) is 58.6 Å². The number of hydrogen-bond donors (Lipinski definition) is 2. The lowest BCUT2D eigenvalue weighted by Crippen LogP contribution is -2.48. The third kappa shape index (κ3) is 3.93. The fraction of sp³-hybridized carbons (Fsp3) is 0.632. The van der Waals surface area contributed by atoms with Gasteiger partial charge in [-0.25, -0.2) is 0 Å². The molecule has 2 N–H and O–H groups in total. The number of aliphatic hydroxyl groups is 1. The number of hydrogen-bond acceptors (Lipinski definition) is 3. The van der Waals surface area contributed by atoms with E-state index in [2.05, 4.69) is 23.5 Å². The average Bonchev–Trinajstić information content (AvgIpc) is 2.93. The highest BCUT2D eigenvalue weighted by atomic mass is 16.5. The van der Waals surface area contributed by atoms with Crippen molar-refractivity contribution in [3.8, 4) is 0 Å². The lowest BCUT2D eigenvalue weighted by molar-refractivity contribution is -0.123. The van der Waals surface area contributed by atoms with E-state index in [0.717, 1.165) is 44.1 Å². The second kappa shape index (κ2) is 7.45. The Morgan fingerprint density at radius 3 is 2.83 bits per heavy atom. The van der Waals surface area contributed by atoms with E-state index in [1.807, 2.05) is 0 Å². The summed E-state index contributed by atoms with van der Waals surface area (Å²) in [6.45, 7) is 0. The van der Waals surface area contributed by atoms with Gasteiger partial charge in [-0.05, 0) is 48.8 Å². The zero-order chi connectivity index (χ0) is 16.2. The minimum atomic E-state index is -0.619. The largest absolute Gasteiger partial charge is 0.388 e. The van der Waals surface area contributed by atoms with E-state index in [-0.39, 0.29) is 18.1 Å². The number of ether oxygens (including phenoxy) is 1. The summed E-state index contributed by atoms with van der Waals surface area (Å²) in [6.07, 6.45) is 6.82. The number of rotatable bonds is 4. The van der Waals surface area contributed by atoms with E-state index >= 15 is 0 Å². The van der Waals surface area contributed by atoms with E-state index in [1.165, 1.54) is 17.5 Å². The van der Waals surface area contributed by atoms with Gasteiger partial charge in [-0.3, -0.25) is 4.79 Å². The van der Waals surface area contributed by atoms with Crippen LogP contribution in [0.4, 0.5) is 0 Å². The first-order chi connectivity index (χ1) is 11.2. The van der Waals surface area contributed by atoms with Crippen molar-refractivity contribution in [3.63, 3.8) is 0 Å². The summed E-state index contributed by atoms with van der Waals surface area (Å²) in [4.78, 5) is 12.4. The van der Waals surface area contributed by atoms with Crippen LogP contribution in [-0.4, -0.2) is 36.4 Å². The van der Waals surface area contributed by atoms with E-state index in [4.69, 9.17) is 4.74 Å². The van der Waals surface area contributed by atoms with Crippen molar-refractivity contribution in [2.75, 3.05) is 7.11 Å². The summed E-state index contributed by atoms with van der Waals surface area (Å²) in [5.74, 6) is -0.0104. The van der Waals surface area contributed by atoms with Crippen LogP contribution >= 0.6 is 0 Å². The molecule has 0 heterocycles. The third-order valence-electron chi connectivity index (χ3n) is 5.22. The normalized spacial score (nSPS) is 27.3. The standard InChI is InChI=1S/C19H27NO3/c1-23-17-8-3-2-7-16(19(17)22)20-18(21)12-13-9-10-14-5-4-6-15(14)11-13/h9-11,16-17,19,22H,2-8,12H2,1H3,(H,20,21)/t16-,17-,19-/m1/s1. The Bertz CT molecular complexity index is 558. The van der Waals surface area contributed by atoms with Crippen LogP contribution in [-0.2, 0) is 28.8 Å². The molecule has 126 valence electrons. The SMILES string of the molecule is CO[C@@H]1CCCC[C@@H](NC(=O)Cc2ccc3c(c2)CCC3)[C@H]1O. The van der Waals surface area contributed by atoms with Crippen molar-refractivity contribution in [3.05, 3.63) is 34.9 Å². The highest BCUT2D eigenvalue weighted by molar-refractivity contribution is 5.79. The molecule has 23 heavy (non-hydrogen) atoms. The molecule has 0 bridgehead atoms. The predicted molar refractivity (Wildman–Crippen MR) is 89.4 cm³/mol. The molecule has 1 saturated carbocycles. The van der Waals surface area contributed by atoms with Gasteiger partial charge in [0.05, 0.1) is 18.6 Å². The Morgan fingerprint density at radius 1 is 1.22 bits per heavy atom. The Balaban J connectivity index is 1.60. The van der Waals surface area contributed by atoms with Crippen molar-refractivity contribution in [1.82, 2.24) is 5.32 Å². The van der Waals surface area contributed by atoms with Crippen LogP contribution in [0.1, 0.15) is 48.8 Å². The van der Waals surface area contributed by atoms with Crippen LogP contribution in [0, 0.1) is 0 Å². The molecule has 1 aromatic carbocycles. The Kier molecular flexibility index (Phi) is 5.34. The second-order valence-electron chi connectivity index (χ2n) is 6.86. The highest BCUT2D eigenvalue weighted by Crippen LogP contribution is 2.24. The van der Waals surface area contributed by atoms with Gasteiger partial charge in [-0.15, -0.1) is 0 Å². The molecule has 0 saturated heterocycles. The van der Waals surface area contributed by atoms with Gasteiger partial charge in [0.2, 0.25) is 5.91 Å². The number of amides is 1. The first-order valence-corrected chi connectivity index (χ1v) is 8.78. The molecular weight excluding hydrogens is 290 g/mol. The van der Waals surface area contributed by atoms with Gasteiger partial charge in [0.1, 0.15) is 6.10 Å². The summed E-state index contributed by atoms with van der Waals surface area (Å²) in [5.41, 5.74) is 3.88. The summed E-state index contributed by atoms with van der Waals surface area (Å²) >= 11 is 0. The van der Waals surface area contributed by atoms with E-state index in [9.17, 15) is 9.90 Å². The predicted octanol–water partition coefficient (Wildman–Crippen LogP) is 2.15. The molecule has 4 heteroatoms. The molecule has 2 aliphatic rings. The monoisotopic (exact) mass is 317 g/mol. The number of fused-ring (bicyclic) bond motifs is 1. The molecule has 1 amide bonds. The van der Waals surface area contributed by atoms with Gasteiger partial charge in [0.15, 0.2) is 0 Å². The lowest BCUT2D eigenvalue weighted by Gasteiger charge is -2.27. The summed E-state index contributed by atoms with van der Waals surface area (Å²) in [5, 5.41) is 13.4. The van der Waals surface area contributed by atoms with Crippen LogP contribution in [0.25, 0.3) is 0 Å². The zero-order valence-electron chi connectivity index (χ0n) is 13.9. The van der Waals surface area contributed by atoms with Gasteiger partial charge in [-0.1, -0.05) is 31.0 Å². The van der Waals surface area contributed by atoms with E-state index < -0.39 is 6.10 Å². The molecule has 0 spiro atoms. The van der Waals surface area contributed by atoms with Crippen molar-refractivity contribution in [2.24, 2.45) is 0 Å². The Hall–Kier alpha value is -1.39. The molecule has 3 rings (SSSR count). The number of aliphatic hydroxyl groups excluding tert-OH is 1. The minimum Gasteiger partial charge on any atom is -0.388 e. The van der Waals surface area contributed by atoms with Crippen LogP contribution in [0.2, 0.25) is 0 Å². The Labute approximate surface area is 138 Å². The van der Waals surface area contributed by atoms with Crippen molar-refractivity contribution < 1.29 is 14.6 Å². The van der Waals surface area contributed by atoms with E-state index in [1.54, 1.807) is 7.11 Å². The number of methoxy groups -OCH3 is 1. The quantitative estimate of drug-likeness (QED) is 0.837. The van der Waals surface area contributed by atoms with Gasteiger partial charge in [0, 0.05) is 7.11 Å². The third-order valence-corrected chi connectivity index (χ3v) is 5.22. The summed E-state index contributed by atoms with van der Waals surface area (Å²) in [6, 6.07) is 6.19. The van der Waals surface area contributed by atoms with Gasteiger partial charge >= 0.3 is 0 Å². The van der Waals surface area contributed by atoms with Gasteiger partial charge in [0.25, 0.3) is 0 Å². The van der Waals surface area contributed by atoms with Crippen molar-refractivity contribution in [2.45, 2.75) is 69.6 Å². The highest BCUT2D eigenvalue weighted by Gasteiger charge is 2.31. The number of nitrogens with one attached hydrogen (secondary N) is 1. The van der Waals surface area contributed by atoms with E-state index in [0.29, 0.717) is 6.42 Å². The fourth-order valence-electron chi connectivity index (χ4n) is 3.90. The molecule has 0 radical (unpaired) electrons. The summed E-state index contributed by atoms with van der Waals surface area (Å²) < 4.78 is 5.36. The molecule has 1 fully saturated rings. The maximum atomic E-state index is 12.4. The molecule has 2 aliphatic carbocycles. The van der Waals surface area contributed by atoms with Gasteiger partial charge < -0.3 is 15.2 Å². The maximum Gasteiger partial charge on any atom is 0.224 e. The van der Waals surface area contributed by atoms with Crippen LogP contribution in [0.15, 0.2) is 18.2 Å². The van der Waals surface area contributed by atoms with Crippen LogP contribution < -0.4 is 5.32 Å². The first-order valence-electron chi connectivity index (χ1n) is 8.78. The second-order valence-corrected chi connectivity index (χ2v) is 6.86. The first kappa shape index (κ1) is 16.5. The molecule has 0 unspecified atom stereocenters. The van der Waals surface area contributed by atoms with Crippen LogP contribution in [0.5, 0.6) is 0 Å². The molecule has 4 nitrogen and oxygen atoms in total. The average molecular weight is 317 g/mol. The minimum absolute atomic E-state index is 0.0104. The molecular formula is C19H27NO3. The zero-order valence-corrected chi connectivity index (χ0v) is 13.9. The van der Waals surface area contributed by atoms with Crippen molar-refractivity contribution >= 4 is 5.91 Å². The fourth-order valence-corrected chi connectivity index (χ4v) is 3.90. The van der Waals surface area contributed by atoms with Crippen LogP contribution in [0.3, 0.4) is 0 Å². The maximum absolute atomic E-state index is 12.4. The summed E-state index contributed by atoms with van der Waals surface area (Å²) in [7, 11) is 1.63. The van der Waals surface area contributed by atoms with Gasteiger partial charge in [-0.2, -0.15) is 0 Å². The molecule has 0 aromatic heterocycles. The number of carbonyl (C=O) groups excluding carboxylic acids is 1. The lowest BCUT2D eigenvalue weighted by atomic mass is 10.0.